The van der Waals surface area contributed by atoms with Crippen molar-refractivity contribution in [2.24, 2.45) is 11.8 Å². The molecule has 18 heavy (non-hydrogen) atoms. The Bertz CT molecular complexity index is 531. The summed E-state index contributed by atoms with van der Waals surface area (Å²) in [7, 11) is 0. The van der Waals surface area contributed by atoms with Crippen LogP contribution in [0.2, 0.25) is 5.02 Å². The average Bonchev–Trinajstić information content (AvgIpc) is 2.81. The zero-order valence-corrected chi connectivity index (χ0v) is 10.7. The lowest BCUT2D eigenvalue weighted by atomic mass is 10.4. The van der Waals surface area contributed by atoms with Crippen molar-refractivity contribution in [3.8, 4) is 0 Å². The molecule has 2 N–H and O–H groups in total. The molecule has 0 bridgehead atoms. The molecule has 0 amide bonds. The fourth-order valence-corrected chi connectivity index (χ4v) is 2.83. The number of nitrogens with zero attached hydrogens (tertiary/aromatic N) is 2. The smallest absolute Gasteiger partial charge is 0.287 e. The Kier molecular flexibility index (Phi) is 2.87. The first-order chi connectivity index (χ1) is 8.72. The van der Waals surface area contributed by atoms with Gasteiger partial charge in [-0.25, -0.2) is 4.68 Å². The van der Waals surface area contributed by atoms with Gasteiger partial charge in [0.15, 0.2) is 0 Å². The van der Waals surface area contributed by atoms with E-state index in [1.54, 1.807) is 12.3 Å². The number of piperidine rings is 1. The van der Waals surface area contributed by atoms with Gasteiger partial charge in [0.25, 0.3) is 5.56 Å². The van der Waals surface area contributed by atoms with E-state index in [2.05, 4.69) is 22.3 Å². The Balaban J connectivity index is 1.79. The first-order valence-corrected chi connectivity index (χ1v) is 6.44. The lowest BCUT2D eigenvalue weighted by Crippen LogP contribution is -2.26. The van der Waals surface area contributed by atoms with Crippen molar-refractivity contribution < 1.29 is 0 Å². The van der Waals surface area contributed by atoms with E-state index < -0.39 is 0 Å². The third-order valence-corrected chi connectivity index (χ3v) is 4.07. The predicted octanol–water partition coefficient (Wildman–Crippen LogP) is 0.712. The number of anilines is 1. The van der Waals surface area contributed by atoms with E-state index in [1.807, 2.05) is 0 Å². The molecule has 0 spiro atoms. The van der Waals surface area contributed by atoms with Crippen molar-refractivity contribution >= 4 is 17.3 Å². The quantitative estimate of drug-likeness (QED) is 0.789. The molecule has 1 aliphatic heterocycles. The van der Waals surface area contributed by atoms with E-state index in [0.717, 1.165) is 13.1 Å². The van der Waals surface area contributed by atoms with Gasteiger partial charge in [0.1, 0.15) is 5.02 Å². The predicted molar refractivity (Wildman–Crippen MR) is 71.0 cm³/mol. The molecule has 1 saturated carbocycles. The van der Waals surface area contributed by atoms with Gasteiger partial charge in [0.2, 0.25) is 0 Å². The maximum Gasteiger partial charge on any atom is 0.287 e. The number of rotatable bonds is 4. The Hall–Kier alpha value is -1.33. The molecular weight excluding hydrogens is 252 g/mol. The number of hydrogen-bond acceptors (Lipinski definition) is 4. The van der Waals surface area contributed by atoms with Crippen LogP contribution in [0, 0.1) is 11.8 Å². The van der Waals surface area contributed by atoms with Crippen LogP contribution >= 0.6 is 11.6 Å². The van der Waals surface area contributed by atoms with Crippen LogP contribution in [0.15, 0.2) is 23.6 Å². The number of halogens is 1. The molecule has 1 saturated heterocycles. The van der Waals surface area contributed by atoms with Gasteiger partial charge < -0.3 is 10.6 Å². The monoisotopic (exact) mass is 266 g/mol. The summed E-state index contributed by atoms with van der Waals surface area (Å²) in [6.07, 6.45) is 3.24. The summed E-state index contributed by atoms with van der Waals surface area (Å²) in [5.41, 5.74) is 0.367. The van der Waals surface area contributed by atoms with Crippen LogP contribution in [0.25, 0.3) is 0 Å². The molecule has 96 valence electrons. The van der Waals surface area contributed by atoms with Gasteiger partial charge in [-0.15, -0.1) is 6.58 Å². The van der Waals surface area contributed by atoms with Crippen LogP contribution in [0.1, 0.15) is 0 Å². The second-order valence-electron chi connectivity index (χ2n) is 4.80. The van der Waals surface area contributed by atoms with Gasteiger partial charge in [-0.1, -0.05) is 17.7 Å². The Morgan fingerprint density at radius 2 is 2.33 bits per heavy atom. The molecule has 0 aromatic carbocycles. The summed E-state index contributed by atoms with van der Waals surface area (Å²) in [4.78, 5) is 11.9. The summed E-state index contributed by atoms with van der Waals surface area (Å²) in [6, 6.07) is 0.431. The Morgan fingerprint density at radius 1 is 1.61 bits per heavy atom. The number of hydrogen-bond donors (Lipinski definition) is 2. The highest BCUT2D eigenvalue weighted by Gasteiger charge is 2.53. The maximum atomic E-state index is 11.9. The summed E-state index contributed by atoms with van der Waals surface area (Å²) >= 11 is 6.08. The molecule has 2 unspecified atom stereocenters. The van der Waals surface area contributed by atoms with Crippen molar-refractivity contribution in [3.63, 3.8) is 0 Å². The lowest BCUT2D eigenvalue weighted by Gasteiger charge is -2.11. The molecule has 1 aromatic rings. The summed E-state index contributed by atoms with van der Waals surface area (Å²) in [5.74, 6) is 1.33. The zero-order chi connectivity index (χ0) is 12.7. The van der Waals surface area contributed by atoms with E-state index in [4.69, 9.17) is 11.6 Å². The van der Waals surface area contributed by atoms with Crippen LogP contribution in [-0.4, -0.2) is 28.9 Å². The second kappa shape index (κ2) is 4.40. The standard InChI is InChI=1S/C12H15ClN4O/c1-2-3-17-12(18)10(13)9(6-15-17)16-11-7-4-14-5-8(7)11/h2,6-8,11,14,16H,1,3-5H2. The number of nitrogens with one attached hydrogen (secondary N) is 2. The summed E-state index contributed by atoms with van der Waals surface area (Å²) in [6.45, 7) is 6.04. The molecule has 2 fully saturated rings. The molecule has 1 aromatic heterocycles. The molecule has 2 atom stereocenters. The van der Waals surface area contributed by atoms with E-state index in [-0.39, 0.29) is 10.6 Å². The lowest BCUT2D eigenvalue weighted by molar-refractivity contribution is 0.650. The molecule has 3 rings (SSSR count). The van der Waals surface area contributed by atoms with Crippen molar-refractivity contribution in [1.82, 2.24) is 15.1 Å². The second-order valence-corrected chi connectivity index (χ2v) is 5.18. The van der Waals surface area contributed by atoms with Crippen LogP contribution in [-0.2, 0) is 6.54 Å². The van der Waals surface area contributed by atoms with Crippen LogP contribution in [0.3, 0.4) is 0 Å². The third-order valence-electron chi connectivity index (χ3n) is 3.70. The molecular formula is C12H15ClN4O. The van der Waals surface area contributed by atoms with Crippen LogP contribution < -0.4 is 16.2 Å². The highest BCUT2D eigenvalue weighted by Crippen LogP contribution is 2.44. The van der Waals surface area contributed by atoms with Crippen molar-refractivity contribution in [2.45, 2.75) is 12.6 Å². The zero-order valence-electron chi connectivity index (χ0n) is 9.90. The molecule has 2 heterocycles. The highest BCUT2D eigenvalue weighted by molar-refractivity contribution is 6.32. The minimum Gasteiger partial charge on any atom is -0.379 e. The van der Waals surface area contributed by atoms with Crippen molar-refractivity contribution in [2.75, 3.05) is 18.4 Å². The van der Waals surface area contributed by atoms with Crippen LogP contribution in [0.5, 0.6) is 0 Å². The summed E-state index contributed by atoms with van der Waals surface area (Å²) < 4.78 is 1.30. The number of aromatic nitrogens is 2. The Morgan fingerprint density at radius 3 is 3.00 bits per heavy atom. The number of allylic oxidation sites excluding steroid dienone is 1. The van der Waals surface area contributed by atoms with Crippen molar-refractivity contribution in [3.05, 3.63) is 34.2 Å². The first-order valence-electron chi connectivity index (χ1n) is 6.06. The van der Waals surface area contributed by atoms with Gasteiger partial charge in [0.05, 0.1) is 18.4 Å². The Labute approximate surface area is 110 Å². The normalized spacial score (nSPS) is 28.8. The molecule has 5 nitrogen and oxygen atoms in total. The molecule has 0 radical (unpaired) electrons. The van der Waals surface area contributed by atoms with Gasteiger partial charge in [-0.2, -0.15) is 5.10 Å². The molecule has 1 aliphatic carbocycles. The average molecular weight is 267 g/mol. The first kappa shape index (κ1) is 11.7. The van der Waals surface area contributed by atoms with Crippen LogP contribution in [0.4, 0.5) is 5.69 Å². The van der Waals surface area contributed by atoms with Gasteiger partial charge >= 0.3 is 0 Å². The summed E-state index contributed by atoms with van der Waals surface area (Å²) in [5, 5.41) is 10.9. The fourth-order valence-electron chi connectivity index (χ4n) is 2.63. The van der Waals surface area contributed by atoms with Crippen molar-refractivity contribution in [1.29, 1.82) is 0 Å². The topological polar surface area (TPSA) is 59.0 Å². The molecule has 6 heteroatoms. The number of fused-ring (bicyclic) bond motifs is 1. The largest absolute Gasteiger partial charge is 0.379 e. The minimum atomic E-state index is -0.273. The fraction of sp³-hybridized carbons (Fsp3) is 0.500. The van der Waals surface area contributed by atoms with E-state index in [0.29, 0.717) is 30.1 Å². The minimum absolute atomic E-state index is 0.213. The highest BCUT2D eigenvalue weighted by atomic mass is 35.5. The SMILES string of the molecule is C=CCn1ncc(NC2C3CNCC32)c(Cl)c1=O. The van der Waals surface area contributed by atoms with E-state index >= 15 is 0 Å². The third kappa shape index (κ3) is 1.83. The van der Waals surface area contributed by atoms with Gasteiger partial charge in [-0.3, -0.25) is 4.79 Å². The van der Waals surface area contributed by atoms with Gasteiger partial charge in [-0.05, 0) is 11.8 Å². The molecule has 2 aliphatic rings. The maximum absolute atomic E-state index is 11.9. The van der Waals surface area contributed by atoms with Gasteiger partial charge in [0, 0.05) is 19.1 Å². The van der Waals surface area contributed by atoms with E-state index in [9.17, 15) is 4.79 Å². The van der Waals surface area contributed by atoms with E-state index in [1.165, 1.54) is 4.68 Å².